The SMILES string of the molecule is CCCCCCCC(CC)C(C(N)=O)c1ccccc1. The van der Waals surface area contributed by atoms with E-state index in [1.54, 1.807) is 0 Å². The number of carbonyl (C=O) groups excluding carboxylic acids is 1. The van der Waals surface area contributed by atoms with Crippen LogP contribution in [0, 0.1) is 5.92 Å². The lowest BCUT2D eigenvalue weighted by molar-refractivity contribution is -0.120. The standard InChI is InChI=1S/C18H29NO/c1-3-5-6-7-9-12-15(4-2)17(18(19)20)16-13-10-8-11-14-16/h8,10-11,13-15,17H,3-7,9,12H2,1-2H3,(H2,19,20). The summed E-state index contributed by atoms with van der Waals surface area (Å²) in [7, 11) is 0. The van der Waals surface area contributed by atoms with Gasteiger partial charge in [0.15, 0.2) is 0 Å². The van der Waals surface area contributed by atoms with Crippen molar-refractivity contribution < 1.29 is 4.79 Å². The number of nitrogens with two attached hydrogens (primary N) is 1. The van der Waals surface area contributed by atoms with Crippen molar-refractivity contribution in [3.05, 3.63) is 35.9 Å². The largest absolute Gasteiger partial charge is 0.369 e. The Kier molecular flexibility index (Phi) is 8.01. The van der Waals surface area contributed by atoms with Crippen LogP contribution in [0.1, 0.15) is 70.3 Å². The number of rotatable bonds is 10. The first-order valence-electron chi connectivity index (χ1n) is 8.04. The van der Waals surface area contributed by atoms with E-state index in [9.17, 15) is 4.79 Å². The third-order valence-corrected chi connectivity index (χ3v) is 4.14. The van der Waals surface area contributed by atoms with Crippen LogP contribution < -0.4 is 5.73 Å². The Morgan fingerprint density at radius 2 is 1.70 bits per heavy atom. The summed E-state index contributed by atoms with van der Waals surface area (Å²) in [5.74, 6) is 0.0560. The van der Waals surface area contributed by atoms with Gasteiger partial charge < -0.3 is 5.73 Å². The number of carbonyl (C=O) groups is 1. The van der Waals surface area contributed by atoms with Crippen molar-refractivity contribution in [2.24, 2.45) is 11.7 Å². The number of primary amides is 1. The summed E-state index contributed by atoms with van der Waals surface area (Å²) in [5.41, 5.74) is 6.73. The minimum Gasteiger partial charge on any atom is -0.369 e. The molecule has 0 radical (unpaired) electrons. The van der Waals surface area contributed by atoms with Crippen LogP contribution in [0.25, 0.3) is 0 Å². The molecule has 0 aliphatic carbocycles. The van der Waals surface area contributed by atoms with E-state index in [0.717, 1.165) is 18.4 Å². The molecular weight excluding hydrogens is 246 g/mol. The van der Waals surface area contributed by atoms with Crippen molar-refractivity contribution in [1.29, 1.82) is 0 Å². The lowest BCUT2D eigenvalue weighted by atomic mass is 9.80. The zero-order chi connectivity index (χ0) is 14.8. The van der Waals surface area contributed by atoms with Gasteiger partial charge in [0.2, 0.25) is 5.91 Å². The second-order valence-electron chi connectivity index (χ2n) is 5.66. The fraction of sp³-hybridized carbons (Fsp3) is 0.611. The van der Waals surface area contributed by atoms with Gasteiger partial charge in [-0.3, -0.25) is 4.79 Å². The Hall–Kier alpha value is -1.31. The van der Waals surface area contributed by atoms with Crippen molar-refractivity contribution in [3.63, 3.8) is 0 Å². The average molecular weight is 275 g/mol. The van der Waals surface area contributed by atoms with Crippen LogP contribution in [0.3, 0.4) is 0 Å². The van der Waals surface area contributed by atoms with Gasteiger partial charge in [-0.1, -0.05) is 82.7 Å². The molecule has 2 heteroatoms. The fourth-order valence-electron chi connectivity index (χ4n) is 2.95. The Morgan fingerprint density at radius 1 is 1.05 bits per heavy atom. The zero-order valence-electron chi connectivity index (χ0n) is 13.0. The molecule has 0 aliphatic heterocycles. The first-order chi connectivity index (χ1) is 9.70. The van der Waals surface area contributed by atoms with Crippen molar-refractivity contribution in [2.45, 2.75) is 64.7 Å². The highest BCUT2D eigenvalue weighted by atomic mass is 16.1. The quantitative estimate of drug-likeness (QED) is 0.621. The Bertz CT molecular complexity index is 374. The van der Waals surface area contributed by atoms with Crippen molar-refractivity contribution in [1.82, 2.24) is 0 Å². The first-order valence-corrected chi connectivity index (χ1v) is 8.04. The van der Waals surface area contributed by atoms with E-state index in [1.165, 1.54) is 32.1 Å². The highest BCUT2D eigenvalue weighted by Gasteiger charge is 2.26. The molecule has 2 N–H and O–H groups in total. The Balaban J connectivity index is 2.61. The van der Waals surface area contributed by atoms with Crippen LogP contribution in [0.2, 0.25) is 0 Å². The molecule has 2 unspecified atom stereocenters. The van der Waals surface area contributed by atoms with Gasteiger partial charge in [0.1, 0.15) is 0 Å². The molecule has 1 aromatic rings. The van der Waals surface area contributed by atoms with Gasteiger partial charge in [0.25, 0.3) is 0 Å². The van der Waals surface area contributed by atoms with E-state index in [2.05, 4.69) is 13.8 Å². The topological polar surface area (TPSA) is 43.1 Å². The second-order valence-corrected chi connectivity index (χ2v) is 5.66. The van der Waals surface area contributed by atoms with Gasteiger partial charge in [-0.15, -0.1) is 0 Å². The Labute approximate surface area is 123 Å². The minimum absolute atomic E-state index is 0.132. The van der Waals surface area contributed by atoms with E-state index in [-0.39, 0.29) is 11.8 Å². The maximum Gasteiger partial charge on any atom is 0.225 e. The molecule has 0 aliphatic rings. The molecular formula is C18H29NO. The molecule has 0 saturated heterocycles. The summed E-state index contributed by atoms with van der Waals surface area (Å²) < 4.78 is 0. The van der Waals surface area contributed by atoms with Crippen LogP contribution in [-0.2, 0) is 4.79 Å². The summed E-state index contributed by atoms with van der Waals surface area (Å²) >= 11 is 0. The monoisotopic (exact) mass is 275 g/mol. The van der Waals surface area contributed by atoms with E-state index in [1.807, 2.05) is 30.3 Å². The number of hydrogen-bond acceptors (Lipinski definition) is 1. The van der Waals surface area contributed by atoms with Gasteiger partial charge >= 0.3 is 0 Å². The molecule has 0 heterocycles. The minimum atomic E-state index is -0.184. The third kappa shape index (κ3) is 5.36. The maximum atomic E-state index is 11.9. The number of benzene rings is 1. The third-order valence-electron chi connectivity index (χ3n) is 4.14. The summed E-state index contributed by atoms with van der Waals surface area (Å²) in [6.07, 6.45) is 8.47. The molecule has 0 fully saturated rings. The predicted molar refractivity (Wildman–Crippen MR) is 85.5 cm³/mol. The van der Waals surface area contributed by atoms with Crippen LogP contribution in [-0.4, -0.2) is 5.91 Å². The lowest BCUT2D eigenvalue weighted by Gasteiger charge is -2.24. The van der Waals surface area contributed by atoms with Gasteiger partial charge in [-0.2, -0.15) is 0 Å². The summed E-state index contributed by atoms with van der Waals surface area (Å²) in [4.78, 5) is 11.9. The summed E-state index contributed by atoms with van der Waals surface area (Å²) in [6.45, 7) is 4.39. The molecule has 1 rings (SSSR count). The molecule has 20 heavy (non-hydrogen) atoms. The smallest absolute Gasteiger partial charge is 0.225 e. The van der Waals surface area contributed by atoms with Crippen molar-refractivity contribution in [3.8, 4) is 0 Å². The van der Waals surface area contributed by atoms with Gasteiger partial charge in [-0.05, 0) is 17.9 Å². The molecule has 0 bridgehead atoms. The van der Waals surface area contributed by atoms with E-state index >= 15 is 0 Å². The molecule has 2 nitrogen and oxygen atoms in total. The highest BCUT2D eigenvalue weighted by molar-refractivity contribution is 5.82. The number of unbranched alkanes of at least 4 members (excludes halogenated alkanes) is 4. The van der Waals surface area contributed by atoms with Gasteiger partial charge in [0, 0.05) is 0 Å². The number of amides is 1. The normalized spacial score (nSPS) is 13.9. The zero-order valence-corrected chi connectivity index (χ0v) is 13.0. The van der Waals surface area contributed by atoms with Crippen molar-refractivity contribution in [2.75, 3.05) is 0 Å². The average Bonchev–Trinajstić information content (AvgIpc) is 2.46. The summed E-state index contributed by atoms with van der Waals surface area (Å²) in [5, 5.41) is 0. The van der Waals surface area contributed by atoms with Gasteiger partial charge in [-0.25, -0.2) is 0 Å². The summed E-state index contributed by atoms with van der Waals surface area (Å²) in [6, 6.07) is 10.00. The first kappa shape index (κ1) is 16.7. The van der Waals surface area contributed by atoms with Crippen LogP contribution in [0.5, 0.6) is 0 Å². The predicted octanol–water partition coefficient (Wildman–Crippen LogP) is 4.64. The molecule has 0 saturated carbocycles. The Morgan fingerprint density at radius 3 is 2.25 bits per heavy atom. The molecule has 1 amide bonds. The maximum absolute atomic E-state index is 11.9. The highest BCUT2D eigenvalue weighted by Crippen LogP contribution is 2.31. The lowest BCUT2D eigenvalue weighted by Crippen LogP contribution is -2.28. The number of hydrogen-bond donors (Lipinski definition) is 1. The van der Waals surface area contributed by atoms with Crippen molar-refractivity contribution >= 4 is 5.91 Å². The van der Waals surface area contributed by atoms with Gasteiger partial charge in [0.05, 0.1) is 5.92 Å². The van der Waals surface area contributed by atoms with Crippen LogP contribution in [0.15, 0.2) is 30.3 Å². The second kappa shape index (κ2) is 9.57. The molecule has 0 spiro atoms. The molecule has 112 valence electrons. The van der Waals surface area contributed by atoms with Crippen LogP contribution >= 0.6 is 0 Å². The van der Waals surface area contributed by atoms with E-state index in [0.29, 0.717) is 5.92 Å². The molecule has 1 aromatic carbocycles. The molecule has 2 atom stereocenters. The van der Waals surface area contributed by atoms with E-state index in [4.69, 9.17) is 5.73 Å². The van der Waals surface area contributed by atoms with E-state index < -0.39 is 0 Å². The van der Waals surface area contributed by atoms with Crippen LogP contribution in [0.4, 0.5) is 0 Å². The fourth-order valence-corrected chi connectivity index (χ4v) is 2.95. The molecule has 0 aromatic heterocycles.